The van der Waals surface area contributed by atoms with Crippen LogP contribution in [0.1, 0.15) is 12.5 Å². The maximum atomic E-state index is 5.44. The average Bonchev–Trinajstić information content (AvgIpc) is 2.64. The maximum Gasteiger partial charge on any atom is 0.122 e. The lowest BCUT2D eigenvalue weighted by atomic mass is 10.1. The van der Waals surface area contributed by atoms with Crippen LogP contribution in [0, 0.1) is 0 Å². The molecule has 0 aromatic heterocycles. The van der Waals surface area contributed by atoms with Crippen LogP contribution in [-0.4, -0.2) is 12.6 Å². The van der Waals surface area contributed by atoms with E-state index in [9.17, 15) is 0 Å². The summed E-state index contributed by atoms with van der Waals surface area (Å²) in [5.41, 5.74) is 2.44. The molecule has 1 N–H and O–H groups in total. The van der Waals surface area contributed by atoms with Crippen molar-refractivity contribution in [2.75, 3.05) is 11.9 Å². The van der Waals surface area contributed by atoms with E-state index in [-0.39, 0.29) is 0 Å². The summed E-state index contributed by atoms with van der Waals surface area (Å²) in [6.45, 7) is 6.64. The number of fused-ring (bicyclic) bond motifs is 1. The lowest BCUT2D eigenvalue weighted by Gasteiger charge is -2.11. The van der Waals surface area contributed by atoms with Crippen LogP contribution in [0.4, 0.5) is 5.69 Å². The Morgan fingerprint density at radius 3 is 3.21 bits per heavy atom. The van der Waals surface area contributed by atoms with Crippen LogP contribution in [0.25, 0.3) is 0 Å². The van der Waals surface area contributed by atoms with E-state index >= 15 is 0 Å². The summed E-state index contributed by atoms with van der Waals surface area (Å²) < 4.78 is 5.44. The lowest BCUT2D eigenvalue weighted by Crippen LogP contribution is -2.11. The van der Waals surface area contributed by atoms with Gasteiger partial charge in [0.05, 0.1) is 6.61 Å². The van der Waals surface area contributed by atoms with Gasteiger partial charge in [-0.25, -0.2) is 0 Å². The minimum absolute atomic E-state index is 0.301. The number of nitrogens with one attached hydrogen (secondary N) is 1. The van der Waals surface area contributed by atoms with Crippen LogP contribution in [0.15, 0.2) is 30.9 Å². The van der Waals surface area contributed by atoms with Gasteiger partial charge in [0.2, 0.25) is 0 Å². The minimum Gasteiger partial charge on any atom is -0.493 e. The molecule has 14 heavy (non-hydrogen) atoms. The van der Waals surface area contributed by atoms with Crippen molar-refractivity contribution in [3.05, 3.63) is 36.4 Å². The van der Waals surface area contributed by atoms with E-state index in [1.165, 1.54) is 5.56 Å². The molecule has 0 saturated carbocycles. The monoisotopic (exact) mass is 189 g/mol. The first-order chi connectivity index (χ1) is 6.79. The Kier molecular flexibility index (Phi) is 2.44. The zero-order valence-corrected chi connectivity index (χ0v) is 8.42. The number of anilines is 1. The van der Waals surface area contributed by atoms with Gasteiger partial charge in [-0.2, -0.15) is 0 Å². The zero-order chi connectivity index (χ0) is 9.97. The first-order valence-corrected chi connectivity index (χ1v) is 4.94. The standard InChI is InChI=1S/C12H15NO/c1-3-9(2)13-11-4-5-12-10(8-11)6-7-14-12/h3-5,8-9,13H,1,6-7H2,2H3. The van der Waals surface area contributed by atoms with Crippen LogP contribution in [0.3, 0.4) is 0 Å². The van der Waals surface area contributed by atoms with Gasteiger partial charge >= 0.3 is 0 Å². The SMILES string of the molecule is C=CC(C)Nc1ccc2c(c1)CCO2. The molecule has 2 rings (SSSR count). The smallest absolute Gasteiger partial charge is 0.122 e. The fourth-order valence-corrected chi connectivity index (χ4v) is 1.60. The van der Waals surface area contributed by atoms with Gasteiger partial charge in [0.1, 0.15) is 5.75 Å². The summed E-state index contributed by atoms with van der Waals surface area (Å²) in [4.78, 5) is 0. The van der Waals surface area contributed by atoms with Gasteiger partial charge in [-0.3, -0.25) is 0 Å². The van der Waals surface area contributed by atoms with E-state index in [2.05, 4.69) is 24.9 Å². The van der Waals surface area contributed by atoms with Crippen LogP contribution < -0.4 is 10.1 Å². The molecule has 1 aliphatic rings. The van der Waals surface area contributed by atoms with E-state index in [1.807, 2.05) is 18.2 Å². The van der Waals surface area contributed by atoms with E-state index in [0.29, 0.717) is 6.04 Å². The number of rotatable bonds is 3. The molecule has 1 atom stereocenters. The van der Waals surface area contributed by atoms with E-state index in [1.54, 1.807) is 0 Å². The van der Waals surface area contributed by atoms with Crippen molar-refractivity contribution in [3.8, 4) is 5.75 Å². The molecule has 74 valence electrons. The molecule has 0 amide bonds. The second-order valence-corrected chi connectivity index (χ2v) is 3.59. The Balaban J connectivity index is 2.16. The van der Waals surface area contributed by atoms with Crippen LogP contribution in [-0.2, 0) is 6.42 Å². The summed E-state index contributed by atoms with van der Waals surface area (Å²) in [5, 5.41) is 3.35. The fraction of sp³-hybridized carbons (Fsp3) is 0.333. The highest BCUT2D eigenvalue weighted by atomic mass is 16.5. The first kappa shape index (κ1) is 9.13. The van der Waals surface area contributed by atoms with Gasteiger partial charge in [-0.1, -0.05) is 6.08 Å². The molecule has 2 nitrogen and oxygen atoms in total. The number of benzene rings is 1. The molecule has 1 aromatic rings. The van der Waals surface area contributed by atoms with Crippen LogP contribution in [0.2, 0.25) is 0 Å². The highest BCUT2D eigenvalue weighted by Crippen LogP contribution is 2.27. The largest absolute Gasteiger partial charge is 0.493 e. The fourth-order valence-electron chi connectivity index (χ4n) is 1.60. The molecule has 1 heterocycles. The molecular formula is C12H15NO. The van der Waals surface area contributed by atoms with Gasteiger partial charge in [-0.15, -0.1) is 6.58 Å². The van der Waals surface area contributed by atoms with Crippen LogP contribution in [0.5, 0.6) is 5.75 Å². The van der Waals surface area contributed by atoms with E-state index in [4.69, 9.17) is 4.74 Å². The third-order valence-electron chi connectivity index (χ3n) is 2.44. The normalized spacial score (nSPS) is 15.5. The van der Waals surface area contributed by atoms with E-state index < -0.39 is 0 Å². The molecule has 0 saturated heterocycles. The van der Waals surface area contributed by atoms with Crippen molar-refractivity contribution in [2.45, 2.75) is 19.4 Å². The Bertz CT molecular complexity index is 346. The Hall–Kier alpha value is -1.44. The molecule has 0 fully saturated rings. The predicted octanol–water partition coefficient (Wildman–Crippen LogP) is 2.61. The molecule has 2 heteroatoms. The van der Waals surface area contributed by atoms with Crippen molar-refractivity contribution in [3.63, 3.8) is 0 Å². The Labute approximate surface area is 84.6 Å². The molecule has 0 bridgehead atoms. The molecule has 0 spiro atoms. The highest BCUT2D eigenvalue weighted by molar-refractivity contribution is 5.53. The third-order valence-corrected chi connectivity index (χ3v) is 2.44. The molecule has 0 aliphatic carbocycles. The Morgan fingerprint density at radius 1 is 1.57 bits per heavy atom. The van der Waals surface area contributed by atoms with Crippen molar-refractivity contribution in [1.29, 1.82) is 0 Å². The van der Waals surface area contributed by atoms with Gasteiger partial charge in [0, 0.05) is 18.2 Å². The number of hydrogen-bond acceptors (Lipinski definition) is 2. The predicted molar refractivity (Wildman–Crippen MR) is 58.9 cm³/mol. The maximum absolute atomic E-state index is 5.44. The van der Waals surface area contributed by atoms with Crippen molar-refractivity contribution < 1.29 is 4.74 Å². The second kappa shape index (κ2) is 3.74. The van der Waals surface area contributed by atoms with Crippen molar-refractivity contribution in [1.82, 2.24) is 0 Å². The number of ether oxygens (including phenoxy) is 1. The number of hydrogen-bond donors (Lipinski definition) is 1. The Morgan fingerprint density at radius 2 is 2.43 bits per heavy atom. The second-order valence-electron chi connectivity index (χ2n) is 3.59. The first-order valence-electron chi connectivity index (χ1n) is 4.94. The summed E-state index contributed by atoms with van der Waals surface area (Å²) in [7, 11) is 0. The van der Waals surface area contributed by atoms with Gasteiger partial charge < -0.3 is 10.1 Å². The summed E-state index contributed by atoms with van der Waals surface area (Å²) in [6, 6.07) is 6.53. The minimum atomic E-state index is 0.301. The average molecular weight is 189 g/mol. The molecule has 1 aromatic carbocycles. The van der Waals surface area contributed by atoms with Gasteiger partial charge in [0.15, 0.2) is 0 Å². The topological polar surface area (TPSA) is 21.3 Å². The van der Waals surface area contributed by atoms with Crippen molar-refractivity contribution >= 4 is 5.69 Å². The highest BCUT2D eigenvalue weighted by Gasteiger charge is 2.11. The molecule has 1 aliphatic heterocycles. The third kappa shape index (κ3) is 1.74. The quantitative estimate of drug-likeness (QED) is 0.738. The van der Waals surface area contributed by atoms with Gasteiger partial charge in [-0.05, 0) is 30.7 Å². The van der Waals surface area contributed by atoms with Gasteiger partial charge in [0.25, 0.3) is 0 Å². The lowest BCUT2D eigenvalue weighted by molar-refractivity contribution is 0.357. The summed E-state index contributed by atoms with van der Waals surface area (Å²) in [6.07, 6.45) is 2.91. The molecular weight excluding hydrogens is 174 g/mol. The summed E-state index contributed by atoms with van der Waals surface area (Å²) >= 11 is 0. The molecule has 1 unspecified atom stereocenters. The molecule has 0 radical (unpaired) electrons. The van der Waals surface area contributed by atoms with E-state index in [0.717, 1.165) is 24.5 Å². The van der Waals surface area contributed by atoms with Crippen LogP contribution >= 0.6 is 0 Å². The zero-order valence-electron chi connectivity index (χ0n) is 8.42. The van der Waals surface area contributed by atoms with Crippen molar-refractivity contribution in [2.24, 2.45) is 0 Å². The summed E-state index contributed by atoms with van der Waals surface area (Å²) in [5.74, 6) is 1.03.